The summed E-state index contributed by atoms with van der Waals surface area (Å²) in [5.74, 6) is -0.142. The normalized spacial score (nSPS) is 10.7. The van der Waals surface area contributed by atoms with Crippen molar-refractivity contribution in [2.45, 2.75) is 19.3 Å². The standard InChI is InChI=1S/C17H17N3O2/c21-16(20-15-8-4-10-18-17(15)22)9-3-5-12-11-19-14-7-2-1-6-13(12)14/h1-2,4,6-8,10-11,19H,3,5,9H2,(H,18,22)(H,20,21). The molecule has 0 unspecified atom stereocenters. The van der Waals surface area contributed by atoms with Crippen LogP contribution in [0.1, 0.15) is 18.4 Å². The van der Waals surface area contributed by atoms with E-state index in [0.717, 1.165) is 18.4 Å². The first-order valence-electron chi connectivity index (χ1n) is 7.26. The monoisotopic (exact) mass is 295 g/mol. The van der Waals surface area contributed by atoms with Gasteiger partial charge in [-0.1, -0.05) is 18.2 Å². The average Bonchev–Trinajstić information content (AvgIpc) is 2.93. The Labute approximate surface area is 127 Å². The summed E-state index contributed by atoms with van der Waals surface area (Å²) in [6, 6.07) is 11.4. The molecule has 3 rings (SSSR count). The van der Waals surface area contributed by atoms with Crippen molar-refractivity contribution in [3.8, 4) is 0 Å². The molecule has 0 atom stereocenters. The fourth-order valence-corrected chi connectivity index (χ4v) is 2.51. The van der Waals surface area contributed by atoms with Crippen molar-refractivity contribution in [3.63, 3.8) is 0 Å². The summed E-state index contributed by atoms with van der Waals surface area (Å²) in [5, 5.41) is 3.83. The number of carbonyl (C=O) groups excluding carboxylic acids is 1. The zero-order valence-corrected chi connectivity index (χ0v) is 12.1. The Bertz CT molecular complexity index is 848. The van der Waals surface area contributed by atoms with Crippen molar-refractivity contribution in [2.75, 3.05) is 5.32 Å². The Morgan fingerprint density at radius 3 is 2.82 bits per heavy atom. The SMILES string of the molecule is O=C(CCCc1c[nH]c2ccccc12)Nc1ccc[nH]c1=O. The second-order valence-electron chi connectivity index (χ2n) is 5.17. The highest BCUT2D eigenvalue weighted by Crippen LogP contribution is 2.19. The van der Waals surface area contributed by atoms with Crippen LogP contribution in [0.5, 0.6) is 0 Å². The number of pyridine rings is 1. The molecular weight excluding hydrogens is 278 g/mol. The van der Waals surface area contributed by atoms with Gasteiger partial charge in [0.15, 0.2) is 0 Å². The molecule has 0 aliphatic rings. The van der Waals surface area contributed by atoms with Crippen LogP contribution in [0.2, 0.25) is 0 Å². The number of hydrogen-bond donors (Lipinski definition) is 3. The first-order chi connectivity index (χ1) is 10.7. The van der Waals surface area contributed by atoms with Crippen LogP contribution in [0.4, 0.5) is 5.69 Å². The van der Waals surface area contributed by atoms with E-state index in [1.807, 2.05) is 24.4 Å². The van der Waals surface area contributed by atoms with Crippen molar-refractivity contribution < 1.29 is 4.79 Å². The summed E-state index contributed by atoms with van der Waals surface area (Å²) in [5.41, 5.74) is 2.32. The molecule has 3 N–H and O–H groups in total. The van der Waals surface area contributed by atoms with E-state index in [2.05, 4.69) is 21.4 Å². The predicted molar refractivity (Wildman–Crippen MR) is 86.9 cm³/mol. The van der Waals surface area contributed by atoms with Crippen molar-refractivity contribution in [3.05, 3.63) is 64.7 Å². The Balaban J connectivity index is 1.56. The summed E-state index contributed by atoms with van der Waals surface area (Å²) in [4.78, 5) is 29.1. The van der Waals surface area contributed by atoms with Gasteiger partial charge in [-0.05, 0) is 36.6 Å². The smallest absolute Gasteiger partial charge is 0.271 e. The molecule has 0 aliphatic heterocycles. The molecule has 3 aromatic rings. The van der Waals surface area contributed by atoms with E-state index < -0.39 is 0 Å². The molecule has 0 fully saturated rings. The molecule has 22 heavy (non-hydrogen) atoms. The topological polar surface area (TPSA) is 77.8 Å². The molecule has 5 nitrogen and oxygen atoms in total. The lowest BCUT2D eigenvalue weighted by Gasteiger charge is -2.04. The molecular formula is C17H17N3O2. The lowest BCUT2D eigenvalue weighted by Crippen LogP contribution is -2.19. The number of carbonyl (C=O) groups is 1. The van der Waals surface area contributed by atoms with Gasteiger partial charge in [-0.15, -0.1) is 0 Å². The van der Waals surface area contributed by atoms with E-state index >= 15 is 0 Å². The predicted octanol–water partition coefficient (Wildman–Crippen LogP) is 2.82. The van der Waals surface area contributed by atoms with Gasteiger partial charge < -0.3 is 15.3 Å². The Hall–Kier alpha value is -2.82. The van der Waals surface area contributed by atoms with Crippen LogP contribution in [-0.4, -0.2) is 15.9 Å². The lowest BCUT2D eigenvalue weighted by molar-refractivity contribution is -0.116. The number of amides is 1. The van der Waals surface area contributed by atoms with Crippen LogP contribution >= 0.6 is 0 Å². The number of fused-ring (bicyclic) bond motifs is 1. The largest absolute Gasteiger partial charge is 0.361 e. The van der Waals surface area contributed by atoms with E-state index in [4.69, 9.17) is 0 Å². The minimum absolute atomic E-state index is 0.142. The van der Waals surface area contributed by atoms with E-state index in [1.54, 1.807) is 12.1 Å². The molecule has 0 saturated heterocycles. The summed E-state index contributed by atoms with van der Waals surface area (Å²) >= 11 is 0. The fraction of sp³-hybridized carbons (Fsp3) is 0.176. The maximum Gasteiger partial charge on any atom is 0.271 e. The Kier molecular flexibility index (Phi) is 4.05. The van der Waals surface area contributed by atoms with Gasteiger partial charge in [-0.3, -0.25) is 9.59 Å². The van der Waals surface area contributed by atoms with Crippen LogP contribution < -0.4 is 10.9 Å². The van der Waals surface area contributed by atoms with Gasteiger partial charge >= 0.3 is 0 Å². The fourth-order valence-electron chi connectivity index (χ4n) is 2.51. The molecule has 1 aromatic carbocycles. The molecule has 0 bridgehead atoms. The quantitative estimate of drug-likeness (QED) is 0.677. The number of hydrogen-bond acceptors (Lipinski definition) is 2. The molecule has 5 heteroatoms. The number of anilines is 1. The van der Waals surface area contributed by atoms with Gasteiger partial charge in [-0.2, -0.15) is 0 Å². The minimum Gasteiger partial charge on any atom is -0.361 e. The molecule has 2 aromatic heterocycles. The van der Waals surface area contributed by atoms with Gasteiger partial charge in [-0.25, -0.2) is 0 Å². The summed E-state index contributed by atoms with van der Waals surface area (Å²) in [6.07, 6.45) is 5.47. The van der Waals surface area contributed by atoms with Gasteiger partial charge in [0.2, 0.25) is 5.91 Å². The maximum absolute atomic E-state index is 11.9. The van der Waals surface area contributed by atoms with Gasteiger partial charge in [0.1, 0.15) is 5.69 Å². The Morgan fingerprint density at radius 2 is 1.95 bits per heavy atom. The zero-order chi connectivity index (χ0) is 15.4. The second-order valence-corrected chi connectivity index (χ2v) is 5.17. The first kappa shape index (κ1) is 14.1. The molecule has 0 aliphatic carbocycles. The number of aromatic amines is 2. The van der Waals surface area contributed by atoms with Crippen molar-refractivity contribution in [2.24, 2.45) is 0 Å². The molecule has 0 radical (unpaired) electrons. The second kappa shape index (κ2) is 6.30. The summed E-state index contributed by atoms with van der Waals surface area (Å²) in [7, 11) is 0. The number of rotatable bonds is 5. The lowest BCUT2D eigenvalue weighted by atomic mass is 10.1. The maximum atomic E-state index is 11.9. The number of aromatic nitrogens is 2. The Morgan fingerprint density at radius 1 is 1.09 bits per heavy atom. The third-order valence-electron chi connectivity index (χ3n) is 3.62. The van der Waals surface area contributed by atoms with Gasteiger partial charge in [0.25, 0.3) is 5.56 Å². The number of benzene rings is 1. The molecule has 1 amide bonds. The van der Waals surface area contributed by atoms with Crippen molar-refractivity contribution in [1.82, 2.24) is 9.97 Å². The highest BCUT2D eigenvalue weighted by molar-refractivity contribution is 5.90. The highest BCUT2D eigenvalue weighted by atomic mass is 16.2. The van der Waals surface area contributed by atoms with E-state index in [0.29, 0.717) is 12.1 Å². The summed E-state index contributed by atoms with van der Waals surface area (Å²) in [6.45, 7) is 0. The number of H-pyrrole nitrogens is 2. The van der Waals surface area contributed by atoms with E-state index in [9.17, 15) is 9.59 Å². The van der Waals surface area contributed by atoms with Crippen LogP contribution in [0.3, 0.4) is 0 Å². The molecule has 0 spiro atoms. The van der Waals surface area contributed by atoms with Crippen LogP contribution in [-0.2, 0) is 11.2 Å². The number of nitrogens with one attached hydrogen (secondary N) is 3. The first-order valence-corrected chi connectivity index (χ1v) is 7.26. The molecule has 2 heterocycles. The van der Waals surface area contributed by atoms with Gasteiger partial charge in [0.05, 0.1) is 0 Å². The zero-order valence-electron chi connectivity index (χ0n) is 12.1. The molecule has 112 valence electrons. The van der Waals surface area contributed by atoms with E-state index in [1.165, 1.54) is 17.1 Å². The van der Waals surface area contributed by atoms with Crippen LogP contribution in [0, 0.1) is 0 Å². The third kappa shape index (κ3) is 3.09. The minimum atomic E-state index is -0.285. The van der Waals surface area contributed by atoms with E-state index in [-0.39, 0.29) is 11.5 Å². The number of aryl methyl sites for hydroxylation is 1. The van der Waals surface area contributed by atoms with Crippen LogP contribution in [0.15, 0.2) is 53.6 Å². The van der Waals surface area contributed by atoms with Gasteiger partial charge in [0, 0.05) is 29.7 Å². The van der Waals surface area contributed by atoms with Crippen molar-refractivity contribution in [1.29, 1.82) is 0 Å². The van der Waals surface area contributed by atoms with Crippen molar-refractivity contribution >= 4 is 22.5 Å². The number of para-hydroxylation sites is 1. The highest BCUT2D eigenvalue weighted by Gasteiger charge is 2.07. The third-order valence-corrected chi connectivity index (χ3v) is 3.62. The van der Waals surface area contributed by atoms with Crippen LogP contribution in [0.25, 0.3) is 10.9 Å². The average molecular weight is 295 g/mol. The molecule has 0 saturated carbocycles. The summed E-state index contributed by atoms with van der Waals surface area (Å²) < 4.78 is 0.